The van der Waals surface area contributed by atoms with E-state index in [9.17, 15) is 4.79 Å². The van der Waals surface area contributed by atoms with Crippen LogP contribution in [0, 0.1) is 5.41 Å². The van der Waals surface area contributed by atoms with Crippen molar-refractivity contribution in [3.63, 3.8) is 0 Å². The van der Waals surface area contributed by atoms with Crippen LogP contribution in [0.2, 0.25) is 0 Å². The van der Waals surface area contributed by atoms with E-state index in [1.54, 1.807) is 0 Å². The summed E-state index contributed by atoms with van der Waals surface area (Å²) in [4.78, 5) is 15.2. The fourth-order valence-corrected chi connectivity index (χ4v) is 4.39. The highest BCUT2D eigenvalue weighted by Gasteiger charge is 2.41. The van der Waals surface area contributed by atoms with Gasteiger partial charge in [0.1, 0.15) is 0 Å². The highest BCUT2D eigenvalue weighted by Crippen LogP contribution is 2.40. The zero-order valence-electron chi connectivity index (χ0n) is 11.0. The largest absolute Gasteiger partial charge is 0.341 e. The Bertz CT molecular complexity index is 286. The number of halogens is 1. The van der Waals surface area contributed by atoms with Gasteiger partial charge in [0.05, 0.1) is 0 Å². The summed E-state index contributed by atoms with van der Waals surface area (Å²) in [5.41, 5.74) is -0.0705. The van der Waals surface area contributed by atoms with E-state index in [2.05, 4.69) is 22.9 Å². The lowest BCUT2D eigenvalue weighted by molar-refractivity contribution is -0.142. The predicted octanol–water partition coefficient (Wildman–Crippen LogP) is 3.73. The lowest BCUT2D eigenvalue weighted by Crippen LogP contribution is -2.49. The van der Waals surface area contributed by atoms with E-state index in [4.69, 9.17) is 0 Å². The van der Waals surface area contributed by atoms with Crippen LogP contribution in [0.25, 0.3) is 0 Å². The Morgan fingerprint density at radius 1 is 1.18 bits per heavy atom. The van der Waals surface area contributed by atoms with Crippen molar-refractivity contribution in [1.82, 2.24) is 4.90 Å². The molecule has 0 bridgehead atoms. The summed E-state index contributed by atoms with van der Waals surface area (Å²) in [6.45, 7) is 2.16. The molecule has 0 aromatic carbocycles. The number of alkyl halides is 1. The van der Waals surface area contributed by atoms with E-state index in [0.29, 0.717) is 16.8 Å². The Balaban J connectivity index is 2.03. The van der Waals surface area contributed by atoms with Crippen molar-refractivity contribution in [2.45, 2.75) is 69.2 Å². The first-order valence-electron chi connectivity index (χ1n) is 6.96. The zero-order valence-corrected chi connectivity index (χ0v) is 12.6. The Morgan fingerprint density at radius 2 is 1.76 bits per heavy atom. The molecule has 2 saturated carbocycles. The van der Waals surface area contributed by atoms with Crippen LogP contribution in [-0.2, 0) is 4.79 Å². The molecule has 0 aliphatic heterocycles. The molecule has 0 heterocycles. The summed E-state index contributed by atoms with van der Waals surface area (Å²) < 4.78 is 0. The molecule has 2 aliphatic carbocycles. The fourth-order valence-electron chi connectivity index (χ4n) is 3.45. The van der Waals surface area contributed by atoms with E-state index in [-0.39, 0.29) is 5.41 Å². The molecule has 1 amide bonds. The van der Waals surface area contributed by atoms with Crippen LogP contribution in [0.15, 0.2) is 0 Å². The van der Waals surface area contributed by atoms with Gasteiger partial charge < -0.3 is 4.90 Å². The molecular weight excluding hydrogens is 278 g/mol. The average molecular weight is 302 g/mol. The van der Waals surface area contributed by atoms with Crippen LogP contribution in [0.3, 0.4) is 0 Å². The summed E-state index contributed by atoms with van der Waals surface area (Å²) in [5.74, 6) is 0.381. The van der Waals surface area contributed by atoms with Crippen LogP contribution in [-0.4, -0.2) is 28.7 Å². The lowest BCUT2D eigenvalue weighted by atomic mass is 9.85. The molecule has 0 spiro atoms. The topological polar surface area (TPSA) is 20.3 Å². The summed E-state index contributed by atoms with van der Waals surface area (Å²) >= 11 is 3.76. The number of rotatable bonds is 2. The minimum Gasteiger partial charge on any atom is -0.341 e. The Hall–Kier alpha value is -0.0500. The molecule has 0 saturated heterocycles. The van der Waals surface area contributed by atoms with Gasteiger partial charge in [0.15, 0.2) is 0 Å². The molecule has 2 aliphatic rings. The van der Waals surface area contributed by atoms with Crippen molar-refractivity contribution < 1.29 is 4.79 Å². The van der Waals surface area contributed by atoms with Gasteiger partial charge >= 0.3 is 0 Å². The molecular formula is C14H24BrNO. The predicted molar refractivity (Wildman–Crippen MR) is 74.3 cm³/mol. The molecule has 0 radical (unpaired) electrons. The van der Waals surface area contributed by atoms with Gasteiger partial charge in [-0.05, 0) is 25.7 Å². The summed E-state index contributed by atoms with van der Waals surface area (Å²) in [6.07, 6.45) is 9.53. The van der Waals surface area contributed by atoms with Crippen LogP contribution >= 0.6 is 15.9 Å². The lowest BCUT2D eigenvalue weighted by Gasteiger charge is -2.39. The van der Waals surface area contributed by atoms with Crippen molar-refractivity contribution in [2.75, 3.05) is 7.05 Å². The van der Waals surface area contributed by atoms with E-state index >= 15 is 0 Å². The summed E-state index contributed by atoms with van der Waals surface area (Å²) in [6, 6.07) is 0.411. The van der Waals surface area contributed by atoms with Crippen LogP contribution in [0.1, 0.15) is 58.3 Å². The molecule has 17 heavy (non-hydrogen) atoms. The third kappa shape index (κ3) is 2.69. The number of carbonyl (C=O) groups excluding carboxylic acids is 1. The van der Waals surface area contributed by atoms with Gasteiger partial charge in [-0.15, -0.1) is 0 Å². The highest BCUT2D eigenvalue weighted by atomic mass is 79.9. The molecule has 3 heteroatoms. The van der Waals surface area contributed by atoms with Gasteiger partial charge in [-0.1, -0.05) is 48.5 Å². The van der Waals surface area contributed by atoms with Crippen molar-refractivity contribution in [3.8, 4) is 0 Å². The second-order valence-corrected chi connectivity index (χ2v) is 7.23. The van der Waals surface area contributed by atoms with Gasteiger partial charge in [0, 0.05) is 23.3 Å². The summed E-state index contributed by atoms with van der Waals surface area (Å²) in [5, 5.41) is 0. The number of hydrogen-bond donors (Lipinski definition) is 0. The van der Waals surface area contributed by atoms with Crippen LogP contribution in [0.5, 0.6) is 0 Å². The molecule has 0 N–H and O–H groups in total. The Labute approximate surface area is 113 Å². The zero-order chi connectivity index (χ0) is 12.5. The standard InChI is InChI=1S/C14H24BrNO/c1-14(9-5-6-10-14)13(17)16(2)12-8-4-3-7-11(12)15/h11-12H,3-10H2,1-2H3. The first-order valence-corrected chi connectivity index (χ1v) is 7.87. The third-order valence-corrected chi connectivity index (χ3v) is 5.76. The average Bonchev–Trinajstić information content (AvgIpc) is 2.76. The number of nitrogens with zero attached hydrogens (tertiary/aromatic N) is 1. The highest BCUT2D eigenvalue weighted by molar-refractivity contribution is 9.09. The first kappa shape index (κ1) is 13.4. The SMILES string of the molecule is CN(C(=O)C1(C)CCCC1)C1CCCCC1Br. The minimum atomic E-state index is -0.0705. The van der Waals surface area contributed by atoms with Crippen LogP contribution in [0.4, 0.5) is 0 Å². The van der Waals surface area contributed by atoms with E-state index in [1.807, 2.05) is 11.9 Å². The minimum absolute atomic E-state index is 0.0705. The monoisotopic (exact) mass is 301 g/mol. The molecule has 0 aromatic heterocycles. The van der Waals surface area contributed by atoms with E-state index < -0.39 is 0 Å². The number of amides is 1. The van der Waals surface area contributed by atoms with Gasteiger partial charge in [-0.3, -0.25) is 4.79 Å². The molecule has 2 unspecified atom stereocenters. The second-order valence-electron chi connectivity index (χ2n) is 6.05. The maximum absolute atomic E-state index is 12.6. The van der Waals surface area contributed by atoms with Gasteiger partial charge in [0.25, 0.3) is 0 Å². The second kappa shape index (κ2) is 5.29. The van der Waals surface area contributed by atoms with Crippen molar-refractivity contribution >= 4 is 21.8 Å². The third-order valence-electron chi connectivity index (χ3n) is 4.69. The smallest absolute Gasteiger partial charge is 0.228 e. The van der Waals surface area contributed by atoms with E-state index in [0.717, 1.165) is 19.3 Å². The molecule has 0 aromatic rings. The first-order chi connectivity index (χ1) is 8.04. The Morgan fingerprint density at radius 3 is 2.35 bits per heavy atom. The van der Waals surface area contributed by atoms with Crippen molar-refractivity contribution in [1.29, 1.82) is 0 Å². The maximum Gasteiger partial charge on any atom is 0.228 e. The molecule has 98 valence electrons. The number of carbonyl (C=O) groups is 1. The normalized spacial score (nSPS) is 32.4. The quantitative estimate of drug-likeness (QED) is 0.712. The van der Waals surface area contributed by atoms with Gasteiger partial charge in [0.2, 0.25) is 5.91 Å². The summed E-state index contributed by atoms with van der Waals surface area (Å²) in [7, 11) is 2.01. The molecule has 2 rings (SSSR count). The van der Waals surface area contributed by atoms with Gasteiger partial charge in [-0.25, -0.2) is 0 Å². The molecule has 2 nitrogen and oxygen atoms in total. The molecule has 2 atom stereocenters. The maximum atomic E-state index is 12.6. The van der Waals surface area contributed by atoms with E-state index in [1.165, 1.54) is 32.1 Å². The van der Waals surface area contributed by atoms with Gasteiger partial charge in [-0.2, -0.15) is 0 Å². The van der Waals surface area contributed by atoms with Crippen molar-refractivity contribution in [3.05, 3.63) is 0 Å². The molecule has 2 fully saturated rings. The van der Waals surface area contributed by atoms with Crippen LogP contribution < -0.4 is 0 Å². The number of hydrogen-bond acceptors (Lipinski definition) is 1. The van der Waals surface area contributed by atoms with Crippen molar-refractivity contribution in [2.24, 2.45) is 5.41 Å². The Kier molecular flexibility index (Phi) is 4.17. The fraction of sp³-hybridized carbons (Fsp3) is 0.929.